The molecule has 0 bridgehead atoms. The molecule has 0 radical (unpaired) electrons. The van der Waals surface area contributed by atoms with Crippen LogP contribution in [0.1, 0.15) is 37.8 Å². The van der Waals surface area contributed by atoms with E-state index in [1.807, 2.05) is 42.3 Å². The molecule has 182 valence electrons. The molecule has 34 heavy (non-hydrogen) atoms. The molecular formula is C25H35N5O2SSi. The van der Waals surface area contributed by atoms with Crippen molar-refractivity contribution in [2.24, 2.45) is 0 Å². The highest BCUT2D eigenvalue weighted by Crippen LogP contribution is 2.34. The van der Waals surface area contributed by atoms with Crippen LogP contribution in [0.3, 0.4) is 0 Å². The number of aryl methyl sites for hydroxylation is 1. The molecule has 1 aliphatic rings. The van der Waals surface area contributed by atoms with Crippen LogP contribution in [-0.4, -0.2) is 47.5 Å². The Bertz CT molecular complexity index is 1050. The van der Waals surface area contributed by atoms with Crippen molar-refractivity contribution in [1.29, 1.82) is 0 Å². The SMILES string of the molecule is Cc1cc(-c2cnc(N(COCC[Si](C)(C)C)c3ccccn3)s2)nc(OC2CCCCC2)n1. The van der Waals surface area contributed by atoms with Crippen LogP contribution < -0.4 is 9.64 Å². The summed E-state index contributed by atoms with van der Waals surface area (Å²) >= 11 is 1.57. The molecular weight excluding hydrogens is 462 g/mol. The van der Waals surface area contributed by atoms with Crippen LogP contribution in [-0.2, 0) is 4.74 Å². The van der Waals surface area contributed by atoms with Gasteiger partial charge in [0.2, 0.25) is 0 Å². The van der Waals surface area contributed by atoms with Crippen LogP contribution in [0.15, 0.2) is 36.7 Å². The van der Waals surface area contributed by atoms with Gasteiger partial charge in [0.15, 0.2) is 5.13 Å². The number of pyridine rings is 1. The molecule has 0 atom stereocenters. The minimum Gasteiger partial charge on any atom is -0.460 e. The standard InChI is InChI=1S/C25H35N5O2SSi/c1-19-16-21(29-24(28-19)32-20-10-6-5-7-11-20)22-17-27-25(33-22)30(23-12-8-9-13-26-23)18-31-14-15-34(2,3)4/h8-9,12-13,16-17,20H,5-7,10-11,14-15,18H2,1-4H3. The molecule has 9 heteroatoms. The monoisotopic (exact) mass is 497 g/mol. The maximum Gasteiger partial charge on any atom is 0.317 e. The third-order valence-corrected chi connectivity index (χ3v) is 8.52. The lowest BCUT2D eigenvalue weighted by Crippen LogP contribution is -2.25. The fourth-order valence-corrected chi connectivity index (χ4v) is 5.46. The highest BCUT2D eigenvalue weighted by atomic mass is 32.1. The Hall–Kier alpha value is -2.36. The van der Waals surface area contributed by atoms with E-state index in [1.165, 1.54) is 19.3 Å². The van der Waals surface area contributed by atoms with Gasteiger partial charge in [0, 0.05) is 32.8 Å². The topological polar surface area (TPSA) is 73.3 Å². The van der Waals surface area contributed by atoms with Gasteiger partial charge in [-0.2, -0.15) is 4.98 Å². The Labute approximate surface area is 207 Å². The van der Waals surface area contributed by atoms with E-state index in [4.69, 9.17) is 19.4 Å². The molecule has 4 rings (SSSR count). The molecule has 3 aromatic rings. The zero-order valence-corrected chi connectivity index (χ0v) is 22.5. The van der Waals surface area contributed by atoms with E-state index in [1.54, 1.807) is 17.5 Å². The molecule has 7 nitrogen and oxygen atoms in total. The fourth-order valence-electron chi connectivity index (χ4n) is 3.83. The highest BCUT2D eigenvalue weighted by molar-refractivity contribution is 7.18. The first kappa shape index (κ1) is 24.8. The number of aromatic nitrogens is 4. The summed E-state index contributed by atoms with van der Waals surface area (Å²) < 4.78 is 12.2. The zero-order valence-electron chi connectivity index (χ0n) is 20.7. The number of anilines is 2. The van der Waals surface area contributed by atoms with E-state index < -0.39 is 8.07 Å². The summed E-state index contributed by atoms with van der Waals surface area (Å²) in [5, 5.41) is 0.827. The normalized spacial score (nSPS) is 14.8. The molecule has 3 aromatic heterocycles. The number of ether oxygens (including phenoxy) is 2. The van der Waals surface area contributed by atoms with Gasteiger partial charge in [-0.15, -0.1) is 0 Å². The summed E-state index contributed by atoms with van der Waals surface area (Å²) in [7, 11) is -1.15. The Morgan fingerprint density at radius 3 is 2.65 bits per heavy atom. The van der Waals surface area contributed by atoms with Crippen molar-refractivity contribution in [3.63, 3.8) is 0 Å². The summed E-state index contributed by atoms with van der Waals surface area (Å²) in [4.78, 5) is 21.5. The van der Waals surface area contributed by atoms with Gasteiger partial charge in [-0.1, -0.05) is 43.5 Å². The van der Waals surface area contributed by atoms with E-state index in [0.717, 1.165) is 52.7 Å². The van der Waals surface area contributed by atoms with Gasteiger partial charge in [-0.05, 0) is 56.9 Å². The first-order valence-electron chi connectivity index (χ1n) is 12.1. The summed E-state index contributed by atoms with van der Waals surface area (Å²) in [5.74, 6) is 0.816. The van der Waals surface area contributed by atoms with E-state index >= 15 is 0 Å². The van der Waals surface area contributed by atoms with Crippen molar-refractivity contribution < 1.29 is 9.47 Å². The van der Waals surface area contributed by atoms with Gasteiger partial charge in [0.25, 0.3) is 0 Å². The third kappa shape index (κ3) is 7.07. The van der Waals surface area contributed by atoms with Gasteiger partial charge < -0.3 is 9.47 Å². The Morgan fingerprint density at radius 2 is 1.91 bits per heavy atom. The maximum atomic E-state index is 6.14. The first-order valence-corrected chi connectivity index (χ1v) is 16.6. The molecule has 0 amide bonds. The number of nitrogens with zero attached hydrogens (tertiary/aromatic N) is 5. The molecule has 0 aliphatic heterocycles. The van der Waals surface area contributed by atoms with Crippen LogP contribution in [0.5, 0.6) is 6.01 Å². The first-order chi connectivity index (χ1) is 16.4. The summed E-state index contributed by atoms with van der Waals surface area (Å²) in [6, 6.07) is 9.45. The number of rotatable bonds is 10. The largest absolute Gasteiger partial charge is 0.460 e. The average molecular weight is 498 g/mol. The zero-order chi connectivity index (χ0) is 24.0. The van der Waals surface area contributed by atoms with Crippen molar-refractivity contribution in [2.75, 3.05) is 18.2 Å². The lowest BCUT2D eigenvalue weighted by Gasteiger charge is -2.22. The second kappa shape index (κ2) is 11.4. The van der Waals surface area contributed by atoms with Crippen molar-refractivity contribution in [3.8, 4) is 16.6 Å². The van der Waals surface area contributed by atoms with Crippen molar-refractivity contribution in [3.05, 3.63) is 42.4 Å². The number of hydrogen-bond acceptors (Lipinski definition) is 8. The quantitative estimate of drug-likeness (QED) is 0.181. The minimum absolute atomic E-state index is 0.216. The van der Waals surface area contributed by atoms with Gasteiger partial charge in [0.1, 0.15) is 18.7 Å². The fraction of sp³-hybridized carbons (Fsp3) is 0.520. The third-order valence-electron chi connectivity index (χ3n) is 5.78. The summed E-state index contributed by atoms with van der Waals surface area (Å²) in [6.45, 7) is 10.2. The maximum absolute atomic E-state index is 6.14. The van der Waals surface area contributed by atoms with Gasteiger partial charge >= 0.3 is 6.01 Å². The molecule has 1 fully saturated rings. The predicted molar refractivity (Wildman–Crippen MR) is 141 cm³/mol. The Balaban J connectivity index is 1.52. The lowest BCUT2D eigenvalue weighted by atomic mass is 9.98. The molecule has 1 saturated carbocycles. The Morgan fingerprint density at radius 1 is 1.09 bits per heavy atom. The smallest absolute Gasteiger partial charge is 0.317 e. The molecule has 0 N–H and O–H groups in total. The molecule has 3 heterocycles. The predicted octanol–water partition coefficient (Wildman–Crippen LogP) is 6.47. The summed E-state index contributed by atoms with van der Waals surface area (Å²) in [5.41, 5.74) is 1.73. The molecule has 0 aromatic carbocycles. The van der Waals surface area contributed by atoms with E-state index in [-0.39, 0.29) is 6.10 Å². The average Bonchev–Trinajstić information content (AvgIpc) is 3.29. The molecule has 0 spiro atoms. The van der Waals surface area contributed by atoms with Crippen LogP contribution in [0.4, 0.5) is 10.9 Å². The highest BCUT2D eigenvalue weighted by Gasteiger charge is 2.20. The van der Waals surface area contributed by atoms with Crippen molar-refractivity contribution in [2.45, 2.75) is 70.8 Å². The van der Waals surface area contributed by atoms with Gasteiger partial charge in [0.05, 0.1) is 10.6 Å². The summed E-state index contributed by atoms with van der Waals surface area (Å²) in [6.07, 6.45) is 9.75. The number of hydrogen-bond donors (Lipinski definition) is 0. The molecule has 0 unspecified atom stereocenters. The van der Waals surface area contributed by atoms with Crippen LogP contribution in [0.2, 0.25) is 25.7 Å². The van der Waals surface area contributed by atoms with E-state index in [0.29, 0.717) is 12.7 Å². The second-order valence-electron chi connectivity index (χ2n) is 10.0. The van der Waals surface area contributed by atoms with E-state index in [9.17, 15) is 0 Å². The van der Waals surface area contributed by atoms with Crippen molar-refractivity contribution >= 4 is 30.4 Å². The van der Waals surface area contributed by atoms with Gasteiger partial charge in [-0.3, -0.25) is 4.90 Å². The minimum atomic E-state index is -1.15. The van der Waals surface area contributed by atoms with E-state index in [2.05, 4.69) is 29.6 Å². The lowest BCUT2D eigenvalue weighted by molar-refractivity contribution is 0.142. The molecule has 0 saturated heterocycles. The van der Waals surface area contributed by atoms with Crippen LogP contribution >= 0.6 is 11.3 Å². The second-order valence-corrected chi connectivity index (χ2v) is 16.7. The molecule has 1 aliphatic carbocycles. The number of thiazole rings is 1. The van der Waals surface area contributed by atoms with Crippen molar-refractivity contribution in [1.82, 2.24) is 19.9 Å². The van der Waals surface area contributed by atoms with Crippen LogP contribution in [0, 0.1) is 6.92 Å². The Kier molecular flexibility index (Phi) is 8.28. The van der Waals surface area contributed by atoms with Crippen LogP contribution in [0.25, 0.3) is 10.6 Å². The van der Waals surface area contributed by atoms with Gasteiger partial charge in [-0.25, -0.2) is 15.0 Å².